The Labute approximate surface area is 167 Å². The Morgan fingerprint density at radius 2 is 1.75 bits per heavy atom. The van der Waals surface area contributed by atoms with Crippen molar-refractivity contribution in [3.8, 4) is 0 Å². The highest BCUT2D eigenvalue weighted by molar-refractivity contribution is 8.18. The second-order valence-corrected chi connectivity index (χ2v) is 7.55. The fraction of sp³-hybridized carbons (Fsp3) is 0.238. The molecule has 5 nitrogen and oxygen atoms in total. The van der Waals surface area contributed by atoms with E-state index in [1.807, 2.05) is 24.3 Å². The SMILES string of the molecule is CN1C(=O)/C(=C/c2ccc(F)cc2)SC1=Nc1ccc(N2CCOCC2)cc1. The topological polar surface area (TPSA) is 45.1 Å². The quantitative estimate of drug-likeness (QED) is 0.737. The molecular weight excluding hydrogens is 377 g/mol. The number of amidine groups is 1. The van der Waals surface area contributed by atoms with Crippen molar-refractivity contribution in [3.05, 3.63) is 64.8 Å². The molecule has 1 amide bonds. The van der Waals surface area contributed by atoms with E-state index in [1.54, 1.807) is 25.3 Å². The maximum absolute atomic E-state index is 13.1. The van der Waals surface area contributed by atoms with Crippen molar-refractivity contribution in [2.75, 3.05) is 38.3 Å². The molecule has 144 valence electrons. The van der Waals surface area contributed by atoms with Gasteiger partial charge in [-0.1, -0.05) is 12.1 Å². The van der Waals surface area contributed by atoms with Crippen molar-refractivity contribution >= 4 is 40.3 Å². The summed E-state index contributed by atoms with van der Waals surface area (Å²) in [5.74, 6) is -0.412. The molecule has 0 radical (unpaired) electrons. The lowest BCUT2D eigenvalue weighted by Crippen LogP contribution is -2.36. The highest BCUT2D eigenvalue weighted by Gasteiger charge is 2.30. The van der Waals surface area contributed by atoms with Crippen molar-refractivity contribution in [3.63, 3.8) is 0 Å². The molecule has 2 aliphatic heterocycles. The first-order chi connectivity index (χ1) is 13.6. The molecule has 2 aromatic carbocycles. The Hall–Kier alpha value is -2.64. The van der Waals surface area contributed by atoms with Crippen LogP contribution in [0.1, 0.15) is 5.56 Å². The summed E-state index contributed by atoms with van der Waals surface area (Å²) in [4.78, 5) is 21.5. The molecule has 2 heterocycles. The van der Waals surface area contributed by atoms with Gasteiger partial charge in [0, 0.05) is 25.8 Å². The van der Waals surface area contributed by atoms with Crippen LogP contribution in [0.4, 0.5) is 15.8 Å². The standard InChI is InChI=1S/C21H20FN3O2S/c1-24-20(26)19(14-15-2-4-16(22)5-3-15)28-21(24)23-17-6-8-18(9-7-17)25-10-12-27-13-11-25/h2-9,14H,10-13H2,1H3/b19-14-,23-21?. The predicted molar refractivity (Wildman–Crippen MR) is 111 cm³/mol. The van der Waals surface area contributed by atoms with Crippen molar-refractivity contribution < 1.29 is 13.9 Å². The van der Waals surface area contributed by atoms with Crippen LogP contribution in [-0.4, -0.2) is 49.3 Å². The molecule has 7 heteroatoms. The molecule has 2 saturated heterocycles. The molecular formula is C21H20FN3O2S. The predicted octanol–water partition coefficient (Wildman–Crippen LogP) is 3.90. The molecule has 0 atom stereocenters. The number of rotatable bonds is 3. The van der Waals surface area contributed by atoms with Crippen molar-refractivity contribution in [1.82, 2.24) is 4.90 Å². The van der Waals surface area contributed by atoms with Crippen LogP contribution in [0, 0.1) is 5.82 Å². The number of likely N-dealkylation sites (N-methyl/N-ethyl adjacent to an activating group) is 1. The molecule has 4 rings (SSSR count). The lowest BCUT2D eigenvalue weighted by Gasteiger charge is -2.28. The van der Waals surface area contributed by atoms with Crippen LogP contribution in [0.2, 0.25) is 0 Å². The number of nitrogens with zero attached hydrogens (tertiary/aromatic N) is 3. The highest BCUT2D eigenvalue weighted by atomic mass is 32.2. The van der Waals surface area contributed by atoms with Crippen LogP contribution >= 0.6 is 11.8 Å². The van der Waals surface area contributed by atoms with E-state index in [0.717, 1.165) is 43.2 Å². The summed E-state index contributed by atoms with van der Waals surface area (Å²) in [6.45, 7) is 3.27. The Kier molecular flexibility index (Phi) is 5.45. The fourth-order valence-electron chi connectivity index (χ4n) is 3.03. The number of carbonyl (C=O) groups excluding carboxylic acids is 1. The first-order valence-electron chi connectivity index (χ1n) is 9.05. The van der Waals surface area contributed by atoms with Gasteiger partial charge in [-0.15, -0.1) is 0 Å². The molecule has 0 spiro atoms. The number of morpholine rings is 1. The van der Waals surface area contributed by atoms with Gasteiger partial charge in [-0.05, 0) is 59.8 Å². The number of thioether (sulfide) groups is 1. The van der Waals surface area contributed by atoms with Gasteiger partial charge in [0.25, 0.3) is 5.91 Å². The summed E-state index contributed by atoms with van der Waals surface area (Å²) in [6, 6.07) is 14.1. The van der Waals surface area contributed by atoms with Crippen LogP contribution < -0.4 is 4.90 Å². The summed E-state index contributed by atoms with van der Waals surface area (Å²) >= 11 is 1.32. The Morgan fingerprint density at radius 1 is 1.07 bits per heavy atom. The highest BCUT2D eigenvalue weighted by Crippen LogP contribution is 2.33. The summed E-state index contributed by atoms with van der Waals surface area (Å²) in [5.41, 5.74) is 2.72. The monoisotopic (exact) mass is 397 g/mol. The number of aliphatic imine (C=N–C) groups is 1. The minimum Gasteiger partial charge on any atom is -0.378 e. The number of halogens is 1. The van der Waals surface area contributed by atoms with Gasteiger partial charge in [0.2, 0.25) is 0 Å². The molecule has 0 bridgehead atoms. The number of hydrogen-bond acceptors (Lipinski definition) is 5. The van der Waals surface area contributed by atoms with E-state index in [-0.39, 0.29) is 11.7 Å². The molecule has 0 aromatic heterocycles. The van der Waals surface area contributed by atoms with E-state index < -0.39 is 0 Å². The average Bonchev–Trinajstić information content (AvgIpc) is 2.99. The zero-order chi connectivity index (χ0) is 19.5. The van der Waals surface area contributed by atoms with E-state index in [0.29, 0.717) is 10.1 Å². The first-order valence-corrected chi connectivity index (χ1v) is 9.86. The normalized spacial score (nSPS) is 20.4. The number of carbonyl (C=O) groups is 1. The van der Waals surface area contributed by atoms with E-state index >= 15 is 0 Å². The lowest BCUT2D eigenvalue weighted by atomic mass is 10.2. The average molecular weight is 397 g/mol. The molecule has 0 saturated carbocycles. The van der Waals surface area contributed by atoms with Gasteiger partial charge in [-0.25, -0.2) is 9.38 Å². The third-order valence-corrected chi connectivity index (χ3v) is 5.68. The molecule has 2 aromatic rings. The van der Waals surface area contributed by atoms with Gasteiger partial charge in [-0.2, -0.15) is 0 Å². The van der Waals surface area contributed by atoms with Crippen LogP contribution in [0.25, 0.3) is 6.08 Å². The third kappa shape index (κ3) is 4.10. The zero-order valence-corrected chi connectivity index (χ0v) is 16.3. The number of anilines is 1. The van der Waals surface area contributed by atoms with Crippen LogP contribution in [0.3, 0.4) is 0 Å². The molecule has 0 aliphatic carbocycles. The van der Waals surface area contributed by atoms with Crippen molar-refractivity contribution in [2.24, 2.45) is 4.99 Å². The Bertz CT molecular complexity index is 920. The second-order valence-electron chi connectivity index (χ2n) is 6.54. The molecule has 28 heavy (non-hydrogen) atoms. The summed E-state index contributed by atoms with van der Waals surface area (Å²) in [7, 11) is 1.71. The minimum atomic E-state index is -0.299. The van der Waals surface area contributed by atoms with E-state index in [4.69, 9.17) is 4.74 Å². The lowest BCUT2D eigenvalue weighted by molar-refractivity contribution is -0.121. The number of hydrogen-bond donors (Lipinski definition) is 0. The maximum atomic E-state index is 13.1. The fourth-order valence-corrected chi connectivity index (χ4v) is 4.02. The molecule has 0 unspecified atom stereocenters. The number of amides is 1. The van der Waals surface area contributed by atoms with Gasteiger partial charge in [0.05, 0.1) is 23.8 Å². The first kappa shape index (κ1) is 18.7. The summed E-state index contributed by atoms with van der Waals surface area (Å²) in [6.07, 6.45) is 1.76. The van der Waals surface area contributed by atoms with Gasteiger partial charge in [0.1, 0.15) is 5.82 Å². The Morgan fingerprint density at radius 3 is 2.43 bits per heavy atom. The third-order valence-electron chi connectivity index (χ3n) is 4.62. The van der Waals surface area contributed by atoms with E-state index in [2.05, 4.69) is 9.89 Å². The van der Waals surface area contributed by atoms with E-state index in [9.17, 15) is 9.18 Å². The van der Waals surface area contributed by atoms with Crippen LogP contribution in [0.15, 0.2) is 58.4 Å². The maximum Gasteiger partial charge on any atom is 0.266 e. The number of benzene rings is 2. The molecule has 2 aliphatic rings. The van der Waals surface area contributed by atoms with Crippen molar-refractivity contribution in [1.29, 1.82) is 0 Å². The molecule has 0 N–H and O–H groups in total. The van der Waals surface area contributed by atoms with E-state index in [1.165, 1.54) is 28.8 Å². The minimum absolute atomic E-state index is 0.113. The van der Waals surface area contributed by atoms with Gasteiger partial charge in [0.15, 0.2) is 5.17 Å². The molecule has 2 fully saturated rings. The van der Waals surface area contributed by atoms with Gasteiger partial charge >= 0.3 is 0 Å². The van der Waals surface area contributed by atoms with Crippen LogP contribution in [-0.2, 0) is 9.53 Å². The summed E-state index contributed by atoms with van der Waals surface area (Å²) in [5, 5.41) is 0.623. The van der Waals surface area contributed by atoms with Gasteiger partial charge < -0.3 is 9.64 Å². The summed E-state index contributed by atoms with van der Waals surface area (Å²) < 4.78 is 18.4. The smallest absolute Gasteiger partial charge is 0.266 e. The number of ether oxygens (including phenoxy) is 1. The largest absolute Gasteiger partial charge is 0.378 e. The van der Waals surface area contributed by atoms with Crippen LogP contribution in [0.5, 0.6) is 0 Å². The van der Waals surface area contributed by atoms with Crippen molar-refractivity contribution in [2.45, 2.75) is 0 Å². The van der Waals surface area contributed by atoms with Gasteiger partial charge in [-0.3, -0.25) is 9.69 Å². The zero-order valence-electron chi connectivity index (χ0n) is 15.5. The Balaban J connectivity index is 1.51. The second kappa shape index (κ2) is 8.16.